The van der Waals surface area contributed by atoms with Crippen LogP contribution < -0.4 is 5.32 Å². The highest BCUT2D eigenvalue weighted by atomic mass is 16.7. The first-order valence-electron chi connectivity index (χ1n) is 10.6. The number of carbonyl (C=O) groups excluding carboxylic acids is 3. The van der Waals surface area contributed by atoms with Crippen LogP contribution in [0.15, 0.2) is 78.9 Å². The van der Waals surface area contributed by atoms with E-state index < -0.39 is 11.8 Å². The summed E-state index contributed by atoms with van der Waals surface area (Å²) in [5, 5.41) is 3.64. The molecule has 1 N–H and O–H groups in total. The Bertz CT molecular complexity index is 1130. The van der Waals surface area contributed by atoms with Gasteiger partial charge in [0.1, 0.15) is 0 Å². The van der Waals surface area contributed by atoms with Gasteiger partial charge < -0.3 is 5.32 Å². The topological polar surface area (TPSA) is 75.7 Å². The number of hydrogen-bond donors (Lipinski definition) is 1. The van der Waals surface area contributed by atoms with Gasteiger partial charge in [-0.25, -0.2) is 0 Å². The number of benzene rings is 3. The zero-order chi connectivity index (χ0) is 22.5. The minimum absolute atomic E-state index is 0.178. The Kier molecular flexibility index (Phi) is 6.42. The molecule has 0 fully saturated rings. The Morgan fingerprint density at radius 2 is 1.50 bits per heavy atom. The predicted molar refractivity (Wildman–Crippen MR) is 120 cm³/mol. The number of fused-ring (bicyclic) bond motifs is 1. The summed E-state index contributed by atoms with van der Waals surface area (Å²) in [5.41, 5.74) is 2.87. The zero-order valence-electron chi connectivity index (χ0n) is 17.8. The number of rotatable bonds is 8. The van der Waals surface area contributed by atoms with Crippen LogP contribution in [0, 0.1) is 0 Å². The molecule has 4 rings (SSSR count). The molecule has 0 aliphatic carbocycles. The van der Waals surface area contributed by atoms with Gasteiger partial charge in [-0.15, -0.1) is 5.06 Å². The average molecular weight is 428 g/mol. The van der Waals surface area contributed by atoms with E-state index in [1.54, 1.807) is 6.07 Å². The molecule has 3 aromatic rings. The Hall–Kier alpha value is -3.77. The highest BCUT2D eigenvalue weighted by molar-refractivity contribution is 6.21. The van der Waals surface area contributed by atoms with Gasteiger partial charge in [0.2, 0.25) is 0 Å². The second-order valence-corrected chi connectivity index (χ2v) is 7.77. The number of hydroxylamine groups is 2. The number of aryl methyl sites for hydroxylation is 1. The van der Waals surface area contributed by atoms with Crippen LogP contribution in [0.1, 0.15) is 55.5 Å². The molecule has 6 heteroatoms. The molecule has 1 heterocycles. The lowest BCUT2D eigenvalue weighted by atomic mass is 10.1. The smallest absolute Gasteiger partial charge is 0.285 e. The largest absolute Gasteiger partial charge is 0.348 e. The standard InChI is InChI=1S/C26H24N2O4/c1-18(12-13-19-8-4-2-5-9-19)32-28-25(30)22-15-14-21(16-23(22)26(28)31)24(29)27-17-20-10-6-3-7-11-20/h2-11,14-16,18H,12-13,17H2,1H3,(H,27,29). The van der Waals surface area contributed by atoms with Crippen LogP contribution in [0.25, 0.3) is 0 Å². The summed E-state index contributed by atoms with van der Waals surface area (Å²) in [7, 11) is 0. The van der Waals surface area contributed by atoms with Crippen molar-refractivity contribution < 1.29 is 19.2 Å². The monoisotopic (exact) mass is 428 g/mol. The molecule has 0 saturated carbocycles. The lowest BCUT2D eigenvalue weighted by Crippen LogP contribution is -2.33. The molecular weight excluding hydrogens is 404 g/mol. The second-order valence-electron chi connectivity index (χ2n) is 7.77. The maximum Gasteiger partial charge on any atom is 0.285 e. The third-order valence-electron chi connectivity index (χ3n) is 5.38. The Balaban J connectivity index is 1.39. The van der Waals surface area contributed by atoms with Crippen LogP contribution >= 0.6 is 0 Å². The van der Waals surface area contributed by atoms with Crippen molar-refractivity contribution in [3.63, 3.8) is 0 Å². The fraction of sp³-hybridized carbons (Fsp3) is 0.192. The van der Waals surface area contributed by atoms with Gasteiger partial charge in [0.25, 0.3) is 17.7 Å². The van der Waals surface area contributed by atoms with Gasteiger partial charge >= 0.3 is 0 Å². The first-order chi connectivity index (χ1) is 15.5. The molecule has 1 aliphatic rings. The predicted octanol–water partition coefficient (Wildman–Crippen LogP) is 4.17. The van der Waals surface area contributed by atoms with Crippen molar-refractivity contribution in [3.8, 4) is 0 Å². The van der Waals surface area contributed by atoms with Crippen LogP contribution in [-0.4, -0.2) is 28.9 Å². The fourth-order valence-corrected chi connectivity index (χ4v) is 3.58. The summed E-state index contributed by atoms with van der Waals surface area (Å²) in [5.74, 6) is -1.37. The van der Waals surface area contributed by atoms with E-state index in [1.807, 2.05) is 67.6 Å². The van der Waals surface area contributed by atoms with E-state index in [0.29, 0.717) is 18.5 Å². The summed E-state index contributed by atoms with van der Waals surface area (Å²) < 4.78 is 0. The number of hydrogen-bond acceptors (Lipinski definition) is 4. The highest BCUT2D eigenvalue weighted by Gasteiger charge is 2.38. The number of imide groups is 1. The number of nitrogens with one attached hydrogen (secondary N) is 1. The first kappa shape index (κ1) is 21.5. The molecule has 32 heavy (non-hydrogen) atoms. The molecule has 1 aliphatic heterocycles. The van der Waals surface area contributed by atoms with Gasteiger partial charge in [0.05, 0.1) is 17.2 Å². The van der Waals surface area contributed by atoms with Gasteiger partial charge in [0.15, 0.2) is 0 Å². The van der Waals surface area contributed by atoms with Crippen molar-refractivity contribution in [2.45, 2.75) is 32.4 Å². The van der Waals surface area contributed by atoms with Crippen LogP contribution in [-0.2, 0) is 17.8 Å². The summed E-state index contributed by atoms with van der Waals surface area (Å²) in [6.45, 7) is 2.20. The minimum Gasteiger partial charge on any atom is -0.348 e. The van der Waals surface area contributed by atoms with E-state index in [2.05, 4.69) is 5.32 Å². The number of amides is 3. The molecule has 0 bridgehead atoms. The van der Waals surface area contributed by atoms with Crippen molar-refractivity contribution in [2.24, 2.45) is 0 Å². The van der Waals surface area contributed by atoms with Gasteiger partial charge in [0, 0.05) is 12.1 Å². The van der Waals surface area contributed by atoms with Crippen LogP contribution in [0.4, 0.5) is 0 Å². The molecule has 6 nitrogen and oxygen atoms in total. The number of carbonyl (C=O) groups is 3. The third-order valence-corrected chi connectivity index (χ3v) is 5.38. The molecule has 1 atom stereocenters. The van der Waals surface area contributed by atoms with Crippen LogP contribution in [0.5, 0.6) is 0 Å². The first-order valence-corrected chi connectivity index (χ1v) is 10.6. The third kappa shape index (κ3) is 4.76. The van der Waals surface area contributed by atoms with Crippen molar-refractivity contribution in [1.82, 2.24) is 10.4 Å². The van der Waals surface area contributed by atoms with E-state index in [-0.39, 0.29) is 23.1 Å². The Labute approximate surface area is 186 Å². The van der Waals surface area contributed by atoms with Gasteiger partial charge in [-0.1, -0.05) is 60.7 Å². The SMILES string of the molecule is CC(CCc1ccccc1)ON1C(=O)c2ccc(C(=O)NCc3ccccc3)cc2C1=O. The van der Waals surface area contributed by atoms with Gasteiger partial charge in [-0.05, 0) is 49.1 Å². The van der Waals surface area contributed by atoms with E-state index >= 15 is 0 Å². The van der Waals surface area contributed by atoms with Gasteiger partial charge in [-0.3, -0.25) is 19.2 Å². The van der Waals surface area contributed by atoms with E-state index in [1.165, 1.54) is 12.1 Å². The summed E-state index contributed by atoms with van der Waals surface area (Å²) in [6.07, 6.45) is 1.10. The fourth-order valence-electron chi connectivity index (χ4n) is 3.58. The van der Waals surface area contributed by atoms with Crippen molar-refractivity contribution in [3.05, 3.63) is 107 Å². The highest BCUT2D eigenvalue weighted by Crippen LogP contribution is 2.25. The zero-order valence-corrected chi connectivity index (χ0v) is 17.8. The molecule has 3 amide bonds. The molecule has 3 aromatic carbocycles. The molecule has 0 aromatic heterocycles. The summed E-state index contributed by atoms with van der Waals surface area (Å²) >= 11 is 0. The van der Waals surface area contributed by atoms with E-state index in [9.17, 15) is 14.4 Å². The molecule has 1 unspecified atom stereocenters. The lowest BCUT2D eigenvalue weighted by Gasteiger charge is -2.19. The summed E-state index contributed by atoms with van der Waals surface area (Å²) in [4.78, 5) is 43.7. The minimum atomic E-state index is -0.547. The molecule has 162 valence electrons. The quantitative estimate of drug-likeness (QED) is 0.547. The normalized spacial score (nSPS) is 13.7. The Morgan fingerprint density at radius 1 is 0.875 bits per heavy atom. The Morgan fingerprint density at radius 3 is 2.19 bits per heavy atom. The summed E-state index contributed by atoms with van der Waals surface area (Å²) in [6, 6.07) is 24.0. The lowest BCUT2D eigenvalue weighted by molar-refractivity contribution is -0.127. The second kappa shape index (κ2) is 9.58. The van der Waals surface area contributed by atoms with Gasteiger partial charge in [-0.2, -0.15) is 0 Å². The maximum atomic E-state index is 12.8. The average Bonchev–Trinajstić information content (AvgIpc) is 3.06. The molecular formula is C26H24N2O4. The van der Waals surface area contributed by atoms with Crippen molar-refractivity contribution in [2.75, 3.05) is 0 Å². The van der Waals surface area contributed by atoms with Crippen molar-refractivity contribution in [1.29, 1.82) is 0 Å². The van der Waals surface area contributed by atoms with E-state index in [4.69, 9.17) is 4.84 Å². The molecule has 0 saturated heterocycles. The molecule has 0 radical (unpaired) electrons. The maximum absolute atomic E-state index is 12.8. The van der Waals surface area contributed by atoms with Crippen LogP contribution in [0.3, 0.4) is 0 Å². The van der Waals surface area contributed by atoms with E-state index in [0.717, 1.165) is 22.6 Å². The molecule has 0 spiro atoms. The number of nitrogens with zero attached hydrogens (tertiary/aromatic N) is 1. The van der Waals surface area contributed by atoms with Crippen LogP contribution in [0.2, 0.25) is 0 Å². The van der Waals surface area contributed by atoms with Crippen molar-refractivity contribution >= 4 is 17.7 Å².